The molecule has 0 rings (SSSR count). The Balaban J connectivity index is -0.000000316. The van der Waals surface area contributed by atoms with E-state index in [9.17, 15) is 57.5 Å². The van der Waals surface area contributed by atoms with E-state index in [0.717, 1.165) is 0 Å². The maximum Gasteiger partial charge on any atom is 0.423 e. The van der Waals surface area contributed by atoms with Crippen molar-refractivity contribution in [3.05, 3.63) is 12.2 Å². The van der Waals surface area contributed by atoms with Crippen LogP contribution < -0.4 is 0 Å². The van der Waals surface area contributed by atoms with Gasteiger partial charge in [0.2, 0.25) is 12.2 Å². The SMILES string of the molecule is C=C(C)C(=O)O.OC(C(F)(F)F)C(F)(F)F.OC(C(F)(F)F)C(F)(F)F. The predicted octanol–water partition coefficient (Wildman–Crippen LogP) is 3.59. The Hall–Kier alpha value is -1.71. The highest BCUT2D eigenvalue weighted by Crippen LogP contribution is 2.33. The molecule has 0 saturated carbocycles. The summed E-state index contributed by atoms with van der Waals surface area (Å²) in [5.41, 5.74) is 0.176. The molecular weight excluding hydrogens is 412 g/mol. The van der Waals surface area contributed by atoms with E-state index < -0.39 is 42.9 Å². The molecule has 0 aliphatic heterocycles. The van der Waals surface area contributed by atoms with Gasteiger partial charge in [-0.25, -0.2) is 4.79 Å². The molecule has 0 heterocycles. The predicted molar refractivity (Wildman–Crippen MR) is 58.7 cm³/mol. The minimum Gasteiger partial charge on any atom is -0.478 e. The first-order valence-electron chi connectivity index (χ1n) is 5.47. The summed E-state index contributed by atoms with van der Waals surface area (Å²) in [6, 6.07) is 0. The molecule has 0 aromatic heterocycles. The van der Waals surface area contributed by atoms with Crippen molar-refractivity contribution in [3.63, 3.8) is 0 Å². The fourth-order valence-corrected chi connectivity index (χ4v) is 0.371. The third-order valence-corrected chi connectivity index (χ3v) is 1.61. The van der Waals surface area contributed by atoms with E-state index in [4.69, 9.17) is 15.3 Å². The third kappa shape index (κ3) is 14.6. The Morgan fingerprint density at radius 3 is 0.808 bits per heavy atom. The molecule has 26 heavy (non-hydrogen) atoms. The lowest BCUT2D eigenvalue weighted by Crippen LogP contribution is -2.41. The molecule has 0 saturated heterocycles. The summed E-state index contributed by atoms with van der Waals surface area (Å²) in [7, 11) is 0. The van der Waals surface area contributed by atoms with Crippen LogP contribution in [0.2, 0.25) is 0 Å². The summed E-state index contributed by atoms with van der Waals surface area (Å²) < 4.78 is 132. The molecule has 0 amide bonds. The van der Waals surface area contributed by atoms with Crippen LogP contribution in [0.4, 0.5) is 52.7 Å². The fourth-order valence-electron chi connectivity index (χ4n) is 0.371. The Morgan fingerprint density at radius 2 is 0.808 bits per heavy atom. The lowest BCUT2D eigenvalue weighted by Gasteiger charge is -2.16. The number of aliphatic hydroxyl groups excluding tert-OH is 2. The molecule has 0 atom stereocenters. The highest BCUT2D eigenvalue weighted by Gasteiger charge is 2.56. The van der Waals surface area contributed by atoms with Crippen molar-refractivity contribution >= 4 is 5.97 Å². The molecule has 158 valence electrons. The molecule has 4 nitrogen and oxygen atoms in total. The summed E-state index contributed by atoms with van der Waals surface area (Å²) in [5, 5.41) is 22.8. The molecule has 0 aliphatic carbocycles. The Morgan fingerprint density at radius 1 is 0.692 bits per heavy atom. The molecule has 3 N–H and O–H groups in total. The van der Waals surface area contributed by atoms with Gasteiger partial charge in [-0.15, -0.1) is 0 Å². The lowest BCUT2D eigenvalue weighted by molar-refractivity contribution is -0.309. The first kappa shape index (κ1) is 29.1. The van der Waals surface area contributed by atoms with E-state index in [1.807, 2.05) is 0 Å². The number of halogens is 12. The van der Waals surface area contributed by atoms with Crippen LogP contribution in [0.3, 0.4) is 0 Å². The maximum atomic E-state index is 11.0. The van der Waals surface area contributed by atoms with Crippen LogP contribution >= 0.6 is 0 Å². The Bertz CT molecular complexity index is 375. The minimum atomic E-state index is -5.63. The molecule has 0 aromatic rings. The second-order valence-corrected chi connectivity index (χ2v) is 4.06. The topological polar surface area (TPSA) is 77.8 Å². The van der Waals surface area contributed by atoms with Gasteiger partial charge in [0.15, 0.2) is 0 Å². The number of aliphatic hydroxyl groups is 2. The van der Waals surface area contributed by atoms with E-state index >= 15 is 0 Å². The first-order valence-corrected chi connectivity index (χ1v) is 5.47. The van der Waals surface area contributed by atoms with Gasteiger partial charge in [-0.1, -0.05) is 6.58 Å². The summed E-state index contributed by atoms with van der Waals surface area (Å²) >= 11 is 0. The van der Waals surface area contributed by atoms with Crippen molar-refractivity contribution in [1.29, 1.82) is 0 Å². The third-order valence-electron chi connectivity index (χ3n) is 1.61. The monoisotopic (exact) mass is 422 g/mol. The molecule has 0 aromatic carbocycles. The number of aliphatic carboxylic acids is 1. The van der Waals surface area contributed by atoms with Gasteiger partial charge in [0.25, 0.3) is 0 Å². The van der Waals surface area contributed by atoms with Gasteiger partial charge in [-0.3, -0.25) is 0 Å². The van der Waals surface area contributed by atoms with E-state index in [-0.39, 0.29) is 5.57 Å². The van der Waals surface area contributed by atoms with Crippen LogP contribution in [-0.2, 0) is 4.79 Å². The quantitative estimate of drug-likeness (QED) is 0.446. The number of hydrogen-bond donors (Lipinski definition) is 3. The molecule has 0 spiro atoms. The highest BCUT2D eigenvalue weighted by atomic mass is 19.4. The largest absolute Gasteiger partial charge is 0.478 e. The van der Waals surface area contributed by atoms with Crippen molar-refractivity contribution in [2.45, 2.75) is 43.8 Å². The maximum absolute atomic E-state index is 11.0. The first-order chi connectivity index (χ1) is 11.0. The van der Waals surface area contributed by atoms with Crippen molar-refractivity contribution in [1.82, 2.24) is 0 Å². The number of carbonyl (C=O) groups is 1. The molecule has 0 bridgehead atoms. The average Bonchev–Trinajstić information content (AvgIpc) is 2.34. The van der Waals surface area contributed by atoms with Crippen LogP contribution in [0.25, 0.3) is 0 Å². The van der Waals surface area contributed by atoms with Crippen LogP contribution in [0, 0.1) is 0 Å². The summed E-state index contributed by atoms with van der Waals surface area (Å²) in [6.45, 7) is 4.60. The van der Waals surface area contributed by atoms with Crippen molar-refractivity contribution < 1.29 is 72.8 Å². The number of hydrogen-bond acceptors (Lipinski definition) is 3. The second kappa shape index (κ2) is 9.84. The summed E-state index contributed by atoms with van der Waals surface area (Å²) in [5.74, 6) is -0.935. The number of rotatable bonds is 1. The Kier molecular flexibility index (Phi) is 11.0. The van der Waals surface area contributed by atoms with Gasteiger partial charge in [-0.05, 0) is 6.92 Å². The highest BCUT2D eigenvalue weighted by molar-refractivity contribution is 5.84. The average molecular weight is 422 g/mol. The van der Waals surface area contributed by atoms with Crippen molar-refractivity contribution in [2.75, 3.05) is 0 Å². The van der Waals surface area contributed by atoms with E-state index in [1.54, 1.807) is 0 Å². The van der Waals surface area contributed by atoms with Gasteiger partial charge in [0, 0.05) is 5.57 Å². The second-order valence-electron chi connectivity index (χ2n) is 4.06. The van der Waals surface area contributed by atoms with Crippen molar-refractivity contribution in [3.8, 4) is 0 Å². The van der Waals surface area contributed by atoms with Gasteiger partial charge in [-0.2, -0.15) is 52.7 Å². The molecule has 0 radical (unpaired) electrons. The molecule has 0 fully saturated rings. The summed E-state index contributed by atoms with van der Waals surface area (Å²) in [6.07, 6.45) is -31.0. The molecule has 16 heteroatoms. The van der Waals surface area contributed by atoms with E-state index in [1.165, 1.54) is 6.92 Å². The normalized spacial score (nSPS) is 12.8. The number of carboxylic acids is 1. The van der Waals surface area contributed by atoms with Crippen molar-refractivity contribution in [2.24, 2.45) is 0 Å². The van der Waals surface area contributed by atoms with Gasteiger partial charge in [0.05, 0.1) is 0 Å². The zero-order valence-electron chi connectivity index (χ0n) is 12.1. The van der Waals surface area contributed by atoms with Gasteiger partial charge < -0.3 is 15.3 Å². The molecular formula is C10H10F12O4. The smallest absolute Gasteiger partial charge is 0.423 e. The lowest BCUT2D eigenvalue weighted by atomic mass is 10.3. The standard InChI is InChI=1S/C4H6O2.2C3H2F6O/c1-3(2)4(5)6;2*4-2(5,6)1(10)3(7,8)9/h1H2,2H3,(H,5,6);2*1,10H. The fraction of sp³-hybridized carbons (Fsp3) is 0.700. The van der Waals surface area contributed by atoms with Crippen LogP contribution in [0.1, 0.15) is 6.92 Å². The van der Waals surface area contributed by atoms with E-state index in [0.29, 0.717) is 0 Å². The van der Waals surface area contributed by atoms with Gasteiger partial charge >= 0.3 is 30.7 Å². The van der Waals surface area contributed by atoms with E-state index in [2.05, 4.69) is 6.58 Å². The summed E-state index contributed by atoms with van der Waals surface area (Å²) in [4.78, 5) is 9.60. The van der Waals surface area contributed by atoms with Gasteiger partial charge in [0.1, 0.15) is 0 Å². The zero-order chi connectivity index (χ0) is 22.3. The zero-order valence-corrected chi connectivity index (χ0v) is 12.1. The minimum absolute atomic E-state index is 0.176. The Labute approximate surface area is 136 Å². The van der Waals surface area contributed by atoms with Crippen LogP contribution in [0.15, 0.2) is 12.2 Å². The number of carboxylic acid groups (broad SMARTS) is 1. The van der Waals surface area contributed by atoms with Crippen LogP contribution in [-0.4, -0.2) is 58.2 Å². The number of alkyl halides is 12. The van der Waals surface area contributed by atoms with Crippen LogP contribution in [0.5, 0.6) is 0 Å². The molecule has 0 unspecified atom stereocenters. The molecule has 0 aliphatic rings.